The molecule has 0 aromatic heterocycles. The van der Waals surface area contributed by atoms with Crippen LogP contribution in [0.2, 0.25) is 0 Å². The van der Waals surface area contributed by atoms with E-state index in [1.165, 1.54) is 32.2 Å². The van der Waals surface area contributed by atoms with Crippen LogP contribution in [0.15, 0.2) is 0 Å². The summed E-state index contributed by atoms with van der Waals surface area (Å²) in [5.41, 5.74) is 0.736. The zero-order valence-corrected chi connectivity index (χ0v) is 9.48. The van der Waals surface area contributed by atoms with Crippen LogP contribution in [0, 0.1) is 0 Å². The monoisotopic (exact) mass is 171 g/mol. The summed E-state index contributed by atoms with van der Waals surface area (Å²) in [6.45, 7) is 9.35. The average Bonchev–Trinajstić information content (AvgIpc) is 2.84. The first kappa shape index (κ1) is 12.0. The van der Waals surface area contributed by atoms with Gasteiger partial charge >= 0.3 is 0 Å². The Morgan fingerprint density at radius 3 is 1.58 bits per heavy atom. The van der Waals surface area contributed by atoms with E-state index >= 15 is 0 Å². The molecule has 1 heteroatoms. The third-order valence-electron chi connectivity index (χ3n) is 2.77. The summed E-state index contributed by atoms with van der Waals surface area (Å²) in [6, 6.07) is 0. The average molecular weight is 171 g/mol. The minimum absolute atomic E-state index is 0.736. The number of nitrogens with zero attached hydrogens (tertiary/aromatic N) is 1. The molecule has 0 unspecified atom stereocenters. The van der Waals surface area contributed by atoms with Crippen LogP contribution in [0.4, 0.5) is 0 Å². The molecule has 74 valence electrons. The quantitative estimate of drug-likeness (QED) is 0.540. The SMILES string of the molecule is CC.CC.CN1CCCC12CC2. The molecular formula is C11H25N. The summed E-state index contributed by atoms with van der Waals surface area (Å²) in [4.78, 5) is 2.53. The molecule has 0 amide bonds. The van der Waals surface area contributed by atoms with Gasteiger partial charge in [-0.2, -0.15) is 0 Å². The molecule has 1 aliphatic carbocycles. The third kappa shape index (κ3) is 2.48. The molecule has 0 bridgehead atoms. The molecule has 1 nitrogen and oxygen atoms in total. The molecule has 1 saturated heterocycles. The van der Waals surface area contributed by atoms with Crippen molar-refractivity contribution in [1.29, 1.82) is 0 Å². The van der Waals surface area contributed by atoms with Gasteiger partial charge in [0.05, 0.1) is 0 Å². The van der Waals surface area contributed by atoms with E-state index in [0.29, 0.717) is 0 Å². The van der Waals surface area contributed by atoms with Gasteiger partial charge in [0.25, 0.3) is 0 Å². The van der Waals surface area contributed by atoms with Gasteiger partial charge in [-0.3, -0.25) is 0 Å². The van der Waals surface area contributed by atoms with Gasteiger partial charge in [-0.1, -0.05) is 27.7 Å². The first-order valence-electron chi connectivity index (χ1n) is 5.55. The number of likely N-dealkylation sites (tertiary alicyclic amines) is 1. The van der Waals surface area contributed by atoms with Crippen LogP contribution in [0.25, 0.3) is 0 Å². The van der Waals surface area contributed by atoms with E-state index in [4.69, 9.17) is 0 Å². The highest BCUT2D eigenvalue weighted by molar-refractivity contribution is 5.05. The van der Waals surface area contributed by atoms with E-state index < -0.39 is 0 Å². The standard InChI is InChI=1S/C7H13N.2C2H6/c1-8-6-2-3-7(8)4-5-7;2*1-2/h2-6H2,1H3;2*1-2H3. The van der Waals surface area contributed by atoms with Gasteiger partial charge in [0.15, 0.2) is 0 Å². The fourth-order valence-electron chi connectivity index (χ4n) is 1.85. The van der Waals surface area contributed by atoms with Crippen LogP contribution < -0.4 is 0 Å². The second kappa shape index (κ2) is 5.58. The van der Waals surface area contributed by atoms with Crippen LogP contribution >= 0.6 is 0 Å². The second-order valence-electron chi connectivity index (χ2n) is 3.25. The topological polar surface area (TPSA) is 3.24 Å². The molecular weight excluding hydrogens is 146 g/mol. The van der Waals surface area contributed by atoms with Crippen molar-refractivity contribution in [3.05, 3.63) is 0 Å². The Bertz CT molecular complexity index is 106. The van der Waals surface area contributed by atoms with Crippen molar-refractivity contribution >= 4 is 0 Å². The lowest BCUT2D eigenvalue weighted by molar-refractivity contribution is 0.291. The molecule has 2 aliphatic rings. The summed E-state index contributed by atoms with van der Waals surface area (Å²) >= 11 is 0. The lowest BCUT2D eigenvalue weighted by Gasteiger charge is -2.16. The van der Waals surface area contributed by atoms with E-state index in [9.17, 15) is 0 Å². The molecule has 0 atom stereocenters. The van der Waals surface area contributed by atoms with Gasteiger partial charge < -0.3 is 4.90 Å². The summed E-state index contributed by atoms with van der Waals surface area (Å²) in [6.07, 6.45) is 5.87. The zero-order valence-electron chi connectivity index (χ0n) is 9.48. The Morgan fingerprint density at radius 2 is 1.42 bits per heavy atom. The Kier molecular flexibility index (Phi) is 5.56. The zero-order chi connectivity index (χ0) is 9.61. The van der Waals surface area contributed by atoms with Crippen molar-refractivity contribution in [2.45, 2.75) is 58.9 Å². The highest BCUT2D eigenvalue weighted by Gasteiger charge is 2.48. The maximum Gasteiger partial charge on any atom is 0.0208 e. The van der Waals surface area contributed by atoms with E-state index in [1.54, 1.807) is 0 Å². The summed E-state index contributed by atoms with van der Waals surface area (Å²) < 4.78 is 0. The van der Waals surface area contributed by atoms with E-state index in [2.05, 4.69) is 11.9 Å². The lowest BCUT2D eigenvalue weighted by Crippen LogP contribution is -2.25. The number of rotatable bonds is 0. The summed E-state index contributed by atoms with van der Waals surface area (Å²) in [5, 5.41) is 0. The van der Waals surface area contributed by atoms with Crippen LogP contribution in [0.1, 0.15) is 53.4 Å². The molecule has 1 saturated carbocycles. The molecule has 0 aromatic rings. The van der Waals surface area contributed by atoms with Crippen molar-refractivity contribution in [2.75, 3.05) is 13.6 Å². The first-order valence-corrected chi connectivity index (χ1v) is 5.55. The van der Waals surface area contributed by atoms with E-state index in [0.717, 1.165) is 5.54 Å². The Labute approximate surface area is 78.1 Å². The maximum absolute atomic E-state index is 2.53. The fourth-order valence-corrected chi connectivity index (χ4v) is 1.85. The van der Waals surface area contributed by atoms with Crippen molar-refractivity contribution in [2.24, 2.45) is 0 Å². The van der Waals surface area contributed by atoms with Crippen LogP contribution in [-0.2, 0) is 0 Å². The minimum atomic E-state index is 0.736. The second-order valence-corrected chi connectivity index (χ2v) is 3.25. The minimum Gasteiger partial charge on any atom is -0.301 e. The molecule has 0 radical (unpaired) electrons. The smallest absolute Gasteiger partial charge is 0.0208 e. The summed E-state index contributed by atoms with van der Waals surface area (Å²) in [5.74, 6) is 0. The van der Waals surface area contributed by atoms with E-state index in [1.807, 2.05) is 27.7 Å². The molecule has 0 N–H and O–H groups in total. The molecule has 12 heavy (non-hydrogen) atoms. The van der Waals surface area contributed by atoms with Gasteiger partial charge in [-0.15, -0.1) is 0 Å². The predicted octanol–water partition coefficient (Wildman–Crippen LogP) is 3.30. The van der Waals surface area contributed by atoms with Gasteiger partial charge in [-0.05, 0) is 39.3 Å². The Hall–Kier alpha value is -0.0400. The number of hydrogen-bond acceptors (Lipinski definition) is 1. The molecule has 1 spiro atoms. The molecule has 1 heterocycles. The van der Waals surface area contributed by atoms with Crippen LogP contribution in [0.3, 0.4) is 0 Å². The van der Waals surface area contributed by atoms with Crippen molar-refractivity contribution in [3.8, 4) is 0 Å². The Morgan fingerprint density at radius 1 is 0.917 bits per heavy atom. The maximum atomic E-state index is 2.53. The Balaban J connectivity index is 0.000000269. The molecule has 1 aliphatic heterocycles. The van der Waals surface area contributed by atoms with Gasteiger partial charge in [0, 0.05) is 5.54 Å². The van der Waals surface area contributed by atoms with Crippen molar-refractivity contribution in [1.82, 2.24) is 4.90 Å². The third-order valence-corrected chi connectivity index (χ3v) is 2.77. The molecule has 2 rings (SSSR count). The fraction of sp³-hybridized carbons (Fsp3) is 1.00. The highest BCUT2D eigenvalue weighted by Crippen LogP contribution is 2.48. The molecule has 0 aromatic carbocycles. The summed E-state index contributed by atoms with van der Waals surface area (Å²) in [7, 11) is 2.26. The van der Waals surface area contributed by atoms with Crippen molar-refractivity contribution < 1.29 is 0 Å². The molecule has 2 fully saturated rings. The number of hydrogen-bond donors (Lipinski definition) is 0. The van der Waals surface area contributed by atoms with Gasteiger partial charge in [0.1, 0.15) is 0 Å². The van der Waals surface area contributed by atoms with Crippen molar-refractivity contribution in [3.63, 3.8) is 0 Å². The first-order chi connectivity index (χ1) is 5.83. The largest absolute Gasteiger partial charge is 0.301 e. The van der Waals surface area contributed by atoms with Gasteiger partial charge in [-0.25, -0.2) is 0 Å². The van der Waals surface area contributed by atoms with E-state index in [-0.39, 0.29) is 0 Å². The normalized spacial score (nSPS) is 23.8. The predicted molar refractivity (Wildman–Crippen MR) is 56.5 cm³/mol. The van der Waals surface area contributed by atoms with Crippen LogP contribution in [-0.4, -0.2) is 24.0 Å². The van der Waals surface area contributed by atoms with Gasteiger partial charge in [0.2, 0.25) is 0 Å². The highest BCUT2D eigenvalue weighted by atomic mass is 15.2. The lowest BCUT2D eigenvalue weighted by atomic mass is 10.2. The van der Waals surface area contributed by atoms with Crippen LogP contribution in [0.5, 0.6) is 0 Å².